The molecule has 0 aliphatic heterocycles. The van der Waals surface area contributed by atoms with Crippen LogP contribution in [0.5, 0.6) is 0 Å². The summed E-state index contributed by atoms with van der Waals surface area (Å²) < 4.78 is 54.2. The number of nitrogens with two attached hydrogens (primary N) is 1. The molecular weight excluding hydrogens is 434 g/mol. The van der Waals surface area contributed by atoms with E-state index in [4.69, 9.17) is 5.73 Å². The maximum atomic E-state index is 13.9. The maximum absolute atomic E-state index is 13.9. The molecule has 1 fully saturated rings. The summed E-state index contributed by atoms with van der Waals surface area (Å²) in [6.07, 6.45) is -0.830. The fourth-order valence-corrected chi connectivity index (χ4v) is 4.41. The lowest BCUT2D eigenvalue weighted by molar-refractivity contribution is -0.0554. The summed E-state index contributed by atoms with van der Waals surface area (Å²) in [6, 6.07) is 3.56. The Morgan fingerprint density at radius 3 is 2.84 bits per heavy atom. The molecule has 2 aromatic heterocycles. The van der Waals surface area contributed by atoms with E-state index in [9.17, 15) is 22.4 Å². The molecule has 1 aliphatic carbocycles. The summed E-state index contributed by atoms with van der Waals surface area (Å²) in [5, 5.41) is 6.91. The zero-order valence-corrected chi connectivity index (χ0v) is 16.9. The first kappa shape index (κ1) is 21.4. The number of carbonyl (C=O) groups excluding carboxylic acids is 1. The Morgan fingerprint density at radius 1 is 1.29 bits per heavy atom. The fourth-order valence-electron chi connectivity index (χ4n) is 3.58. The van der Waals surface area contributed by atoms with Crippen LogP contribution in [-0.2, 0) is 0 Å². The van der Waals surface area contributed by atoms with Crippen LogP contribution in [0.15, 0.2) is 35.8 Å². The number of halogens is 4. The average Bonchev–Trinajstić information content (AvgIpc) is 3.15. The van der Waals surface area contributed by atoms with Crippen LogP contribution in [-0.4, -0.2) is 33.9 Å². The van der Waals surface area contributed by atoms with Gasteiger partial charge in [-0.3, -0.25) is 4.79 Å². The molecule has 31 heavy (non-hydrogen) atoms. The summed E-state index contributed by atoms with van der Waals surface area (Å²) in [5.74, 6) is -3.38. The smallest absolute Gasteiger partial charge is 0.265 e. The highest BCUT2D eigenvalue weighted by molar-refractivity contribution is 7.17. The predicted molar refractivity (Wildman–Crippen MR) is 111 cm³/mol. The van der Waals surface area contributed by atoms with Crippen LogP contribution in [0.3, 0.4) is 0 Å². The topological polar surface area (TPSA) is 92.9 Å². The lowest BCUT2D eigenvalue weighted by Gasteiger charge is -2.36. The predicted octanol–water partition coefficient (Wildman–Crippen LogP) is 4.81. The summed E-state index contributed by atoms with van der Waals surface area (Å²) in [6.45, 7) is 0. The summed E-state index contributed by atoms with van der Waals surface area (Å²) >= 11 is 1.16. The number of rotatable bonds is 5. The minimum Gasteiger partial charge on any atom is -0.364 e. The number of fused-ring (bicyclic) bond motifs is 1. The highest BCUT2D eigenvalue weighted by Gasteiger charge is 2.44. The van der Waals surface area contributed by atoms with Crippen molar-refractivity contribution >= 4 is 39.1 Å². The molecule has 0 unspecified atom stereocenters. The van der Waals surface area contributed by atoms with Crippen LogP contribution in [0.2, 0.25) is 0 Å². The zero-order valence-electron chi connectivity index (χ0n) is 16.1. The van der Waals surface area contributed by atoms with Gasteiger partial charge in [-0.15, -0.1) is 11.3 Å². The number of benzene rings is 1. The molecule has 0 spiro atoms. The van der Waals surface area contributed by atoms with Gasteiger partial charge < -0.3 is 16.4 Å². The molecule has 6 nitrogen and oxygen atoms in total. The number of thiophene rings is 1. The Kier molecular flexibility index (Phi) is 5.80. The Morgan fingerprint density at radius 2 is 2.06 bits per heavy atom. The normalized spacial score (nSPS) is 20.7. The molecule has 1 aliphatic rings. The van der Waals surface area contributed by atoms with Crippen LogP contribution >= 0.6 is 11.3 Å². The molecule has 1 saturated carbocycles. The van der Waals surface area contributed by atoms with Crippen molar-refractivity contribution in [1.29, 1.82) is 0 Å². The van der Waals surface area contributed by atoms with Gasteiger partial charge in [-0.2, -0.15) is 0 Å². The van der Waals surface area contributed by atoms with Crippen LogP contribution in [0.1, 0.15) is 41.6 Å². The molecule has 4 rings (SSSR count). The first-order valence-corrected chi connectivity index (χ1v) is 10.5. The number of alkyl halides is 4. The molecule has 2 atom stereocenters. The van der Waals surface area contributed by atoms with E-state index >= 15 is 0 Å². The Bertz CT molecular complexity index is 1110. The molecule has 164 valence electrons. The summed E-state index contributed by atoms with van der Waals surface area (Å²) in [7, 11) is 0. The van der Waals surface area contributed by atoms with Crippen molar-refractivity contribution in [2.75, 3.05) is 10.6 Å². The number of nitrogens with zero attached hydrogens (tertiary/aromatic N) is 2. The zero-order chi connectivity index (χ0) is 22.2. The monoisotopic (exact) mass is 453 g/mol. The van der Waals surface area contributed by atoms with Crippen molar-refractivity contribution < 1.29 is 22.4 Å². The minimum atomic E-state index is -2.97. The van der Waals surface area contributed by atoms with Crippen molar-refractivity contribution in [2.45, 2.75) is 43.7 Å². The van der Waals surface area contributed by atoms with Crippen molar-refractivity contribution in [3.8, 4) is 0 Å². The quantitative estimate of drug-likeness (QED) is 0.482. The van der Waals surface area contributed by atoms with Crippen molar-refractivity contribution in [3.63, 3.8) is 0 Å². The maximum Gasteiger partial charge on any atom is 0.265 e. The van der Waals surface area contributed by atoms with Crippen LogP contribution in [0.4, 0.5) is 29.1 Å². The van der Waals surface area contributed by atoms with E-state index in [-0.39, 0.29) is 34.6 Å². The number of amides is 1. The van der Waals surface area contributed by atoms with Crippen molar-refractivity contribution in [2.24, 2.45) is 5.73 Å². The standard InChI is InChI=1S/C20H19F4N5OS/c21-17(22)10-4-1-2-5-12(10)28-18(30)11-9-31-19-15(11)29-14(8-26-19)27-13-6-3-7-20(23,24)16(13)25/h1-2,4-5,8-9,13,16-17H,3,6-7,25H2,(H,27,29)(H,28,30)/t13-,16-/m1/s1. The largest absolute Gasteiger partial charge is 0.364 e. The van der Waals surface area contributed by atoms with Crippen LogP contribution < -0.4 is 16.4 Å². The van der Waals surface area contributed by atoms with Gasteiger partial charge in [0.25, 0.3) is 18.3 Å². The van der Waals surface area contributed by atoms with Gasteiger partial charge in [0.15, 0.2) is 0 Å². The lowest BCUT2D eigenvalue weighted by atomic mass is 9.87. The second-order valence-electron chi connectivity index (χ2n) is 7.33. The summed E-state index contributed by atoms with van der Waals surface area (Å²) in [5.41, 5.74) is 5.82. The number of hydrogen-bond acceptors (Lipinski definition) is 6. The number of hydrogen-bond donors (Lipinski definition) is 3. The molecule has 2 heterocycles. The molecule has 0 radical (unpaired) electrons. The number of para-hydroxylation sites is 1. The third-order valence-corrected chi connectivity index (χ3v) is 6.13. The molecule has 0 saturated heterocycles. The second-order valence-corrected chi connectivity index (χ2v) is 8.19. The van der Waals surface area contributed by atoms with E-state index in [1.807, 2.05) is 0 Å². The average molecular weight is 453 g/mol. The van der Waals surface area contributed by atoms with Gasteiger partial charge in [-0.1, -0.05) is 18.2 Å². The number of anilines is 2. The highest BCUT2D eigenvalue weighted by atomic mass is 32.1. The van der Waals surface area contributed by atoms with Gasteiger partial charge in [0.05, 0.1) is 17.8 Å². The molecule has 0 bridgehead atoms. The number of carbonyl (C=O) groups is 1. The van der Waals surface area contributed by atoms with E-state index in [0.717, 1.165) is 11.3 Å². The second kappa shape index (κ2) is 8.39. The van der Waals surface area contributed by atoms with Crippen LogP contribution in [0.25, 0.3) is 10.3 Å². The van der Waals surface area contributed by atoms with E-state index in [1.54, 1.807) is 0 Å². The molecular formula is C20H19F4N5OS. The SMILES string of the molecule is N[C@@H]1[C@H](Nc2cnc3scc(C(=O)Nc4ccccc4C(F)F)c3n2)CCCC1(F)F. The third kappa shape index (κ3) is 4.33. The Balaban J connectivity index is 1.58. The Labute approximate surface area is 178 Å². The minimum absolute atomic E-state index is 0.000464. The molecule has 11 heteroatoms. The number of aromatic nitrogens is 2. The molecule has 3 aromatic rings. The first-order chi connectivity index (χ1) is 14.8. The third-order valence-electron chi connectivity index (χ3n) is 5.25. The van der Waals surface area contributed by atoms with E-state index in [0.29, 0.717) is 17.7 Å². The van der Waals surface area contributed by atoms with Crippen LogP contribution in [0, 0.1) is 0 Å². The van der Waals surface area contributed by atoms with Gasteiger partial charge in [0.1, 0.15) is 16.2 Å². The lowest BCUT2D eigenvalue weighted by Crippen LogP contribution is -2.55. The van der Waals surface area contributed by atoms with Gasteiger partial charge in [-0.25, -0.2) is 27.5 Å². The van der Waals surface area contributed by atoms with Gasteiger partial charge in [0, 0.05) is 29.1 Å². The summed E-state index contributed by atoms with van der Waals surface area (Å²) in [4.78, 5) is 21.8. The molecule has 1 amide bonds. The van der Waals surface area contributed by atoms with Gasteiger partial charge >= 0.3 is 0 Å². The fraction of sp³-hybridized carbons (Fsp3) is 0.350. The van der Waals surface area contributed by atoms with Gasteiger partial charge in [0.2, 0.25) is 0 Å². The Hall–Kier alpha value is -2.79. The van der Waals surface area contributed by atoms with E-state index < -0.39 is 30.3 Å². The van der Waals surface area contributed by atoms with E-state index in [2.05, 4.69) is 20.6 Å². The molecule has 4 N–H and O–H groups in total. The first-order valence-electron chi connectivity index (χ1n) is 9.59. The highest BCUT2D eigenvalue weighted by Crippen LogP contribution is 2.34. The van der Waals surface area contributed by atoms with Gasteiger partial charge in [-0.05, 0) is 18.9 Å². The van der Waals surface area contributed by atoms with Crippen molar-refractivity contribution in [3.05, 3.63) is 47.0 Å². The number of nitrogens with one attached hydrogen (secondary N) is 2. The van der Waals surface area contributed by atoms with E-state index in [1.165, 1.54) is 35.8 Å². The van der Waals surface area contributed by atoms with Crippen molar-refractivity contribution in [1.82, 2.24) is 9.97 Å². The molecule has 1 aromatic carbocycles.